The van der Waals surface area contributed by atoms with Crippen LogP contribution >= 0.6 is 0 Å². The molecule has 7 nitrogen and oxygen atoms in total. The summed E-state index contributed by atoms with van der Waals surface area (Å²) < 4.78 is 16.4. The lowest BCUT2D eigenvalue weighted by Crippen LogP contribution is -2.39. The third kappa shape index (κ3) is 6.66. The molecule has 0 spiro atoms. The van der Waals surface area contributed by atoms with Crippen molar-refractivity contribution >= 4 is 5.96 Å². The Hall–Kier alpha value is -2.67. The molecular weight excluding hydrogens is 392 g/mol. The Bertz CT molecular complexity index is 801. The van der Waals surface area contributed by atoms with Crippen LogP contribution in [0.15, 0.2) is 46.0 Å². The molecule has 1 saturated heterocycles. The lowest BCUT2D eigenvalue weighted by molar-refractivity contribution is 0.221. The zero-order chi connectivity index (χ0) is 21.9. The van der Waals surface area contributed by atoms with Gasteiger partial charge in [0.2, 0.25) is 0 Å². The summed E-state index contributed by atoms with van der Waals surface area (Å²) in [5.74, 6) is 3.38. The number of rotatable bonds is 11. The summed E-state index contributed by atoms with van der Waals surface area (Å²) in [6, 6.07) is 10.3. The minimum Gasteiger partial charge on any atom is -0.493 e. The zero-order valence-electron chi connectivity index (χ0n) is 19.0. The second-order valence-electron chi connectivity index (χ2n) is 7.71. The van der Waals surface area contributed by atoms with Gasteiger partial charge in [-0.15, -0.1) is 0 Å². The van der Waals surface area contributed by atoms with E-state index in [0.717, 1.165) is 62.2 Å². The molecule has 31 heavy (non-hydrogen) atoms. The highest BCUT2D eigenvalue weighted by molar-refractivity contribution is 5.79. The Balaban J connectivity index is 1.53. The molecule has 0 saturated carbocycles. The highest BCUT2D eigenvalue weighted by atomic mass is 16.5. The first-order chi connectivity index (χ1) is 15.2. The van der Waals surface area contributed by atoms with E-state index < -0.39 is 0 Å². The summed E-state index contributed by atoms with van der Waals surface area (Å²) in [7, 11) is 3.32. The van der Waals surface area contributed by atoms with E-state index >= 15 is 0 Å². The number of nitrogens with one attached hydrogen (secondary N) is 2. The lowest BCUT2D eigenvalue weighted by Gasteiger charge is -2.24. The molecule has 1 aromatic carbocycles. The second kappa shape index (κ2) is 12.2. The highest BCUT2D eigenvalue weighted by Gasteiger charge is 2.25. The van der Waals surface area contributed by atoms with Crippen molar-refractivity contribution in [2.24, 2.45) is 4.99 Å². The first-order valence-corrected chi connectivity index (χ1v) is 11.3. The van der Waals surface area contributed by atoms with E-state index in [1.165, 1.54) is 18.4 Å². The topological polar surface area (TPSA) is 71.3 Å². The molecular formula is C24H36N4O3. The molecule has 7 heteroatoms. The van der Waals surface area contributed by atoms with Crippen LogP contribution < -0.4 is 20.1 Å². The largest absolute Gasteiger partial charge is 0.493 e. The predicted octanol–water partition coefficient (Wildman–Crippen LogP) is 3.62. The number of aryl methyl sites for hydroxylation is 1. The molecule has 1 atom stereocenters. The van der Waals surface area contributed by atoms with E-state index in [0.29, 0.717) is 6.54 Å². The third-order valence-corrected chi connectivity index (χ3v) is 5.60. The normalized spacial score (nSPS) is 15.6. The van der Waals surface area contributed by atoms with Gasteiger partial charge in [0, 0.05) is 13.1 Å². The van der Waals surface area contributed by atoms with Gasteiger partial charge >= 0.3 is 0 Å². The number of ether oxygens (including phenoxy) is 2. The highest BCUT2D eigenvalue weighted by Crippen LogP contribution is 2.28. The SMILES string of the molecule is CCNC(=NCC(c1ccco1)N1CCCC1)NCCCc1ccc(OC)c(OC)c1. The van der Waals surface area contributed by atoms with Crippen LogP contribution in [0.1, 0.15) is 43.6 Å². The van der Waals surface area contributed by atoms with Gasteiger partial charge in [0.25, 0.3) is 0 Å². The van der Waals surface area contributed by atoms with E-state index in [2.05, 4.69) is 34.6 Å². The Labute approximate surface area is 185 Å². The summed E-state index contributed by atoms with van der Waals surface area (Å²) in [5, 5.41) is 6.83. The summed E-state index contributed by atoms with van der Waals surface area (Å²) in [5.41, 5.74) is 1.23. The van der Waals surface area contributed by atoms with E-state index in [-0.39, 0.29) is 6.04 Å². The molecule has 170 valence electrons. The zero-order valence-corrected chi connectivity index (χ0v) is 19.0. The Morgan fingerprint density at radius 2 is 1.94 bits per heavy atom. The van der Waals surface area contributed by atoms with Gasteiger partial charge in [-0.2, -0.15) is 0 Å². The van der Waals surface area contributed by atoms with Crippen molar-refractivity contribution in [2.75, 3.05) is 46.9 Å². The molecule has 2 aromatic rings. The number of nitrogens with zero attached hydrogens (tertiary/aromatic N) is 2. The van der Waals surface area contributed by atoms with Crippen LogP contribution in [0.2, 0.25) is 0 Å². The number of benzene rings is 1. The summed E-state index contributed by atoms with van der Waals surface area (Å²) in [6.45, 7) is 6.65. The van der Waals surface area contributed by atoms with Gasteiger partial charge < -0.3 is 24.5 Å². The van der Waals surface area contributed by atoms with E-state index in [1.807, 2.05) is 18.2 Å². The standard InChI is InChI=1S/C24H36N4O3/c1-4-25-24(26-13-7-9-19-11-12-22(29-2)23(17-19)30-3)27-18-20(21-10-8-16-31-21)28-14-5-6-15-28/h8,10-12,16-17,20H,4-7,9,13-15,18H2,1-3H3,(H2,25,26,27). The predicted molar refractivity (Wildman–Crippen MR) is 124 cm³/mol. The quantitative estimate of drug-likeness (QED) is 0.324. The maximum absolute atomic E-state index is 5.71. The average molecular weight is 429 g/mol. The lowest BCUT2D eigenvalue weighted by atomic mass is 10.1. The first-order valence-electron chi connectivity index (χ1n) is 11.3. The van der Waals surface area contributed by atoms with Gasteiger partial charge in [0.15, 0.2) is 17.5 Å². The van der Waals surface area contributed by atoms with Gasteiger partial charge in [0.1, 0.15) is 5.76 Å². The van der Waals surface area contributed by atoms with E-state index in [9.17, 15) is 0 Å². The minimum atomic E-state index is 0.194. The number of hydrogen-bond acceptors (Lipinski definition) is 5. The fourth-order valence-corrected chi connectivity index (χ4v) is 3.97. The van der Waals surface area contributed by atoms with Gasteiger partial charge in [-0.3, -0.25) is 9.89 Å². The summed E-state index contributed by atoms with van der Waals surface area (Å²) >= 11 is 0. The van der Waals surface area contributed by atoms with Crippen molar-refractivity contribution in [3.05, 3.63) is 47.9 Å². The van der Waals surface area contributed by atoms with Crippen molar-refractivity contribution < 1.29 is 13.9 Å². The number of likely N-dealkylation sites (tertiary alicyclic amines) is 1. The first kappa shape index (κ1) is 23.0. The molecule has 2 heterocycles. The van der Waals surface area contributed by atoms with Crippen LogP contribution in [0.3, 0.4) is 0 Å². The number of furan rings is 1. The number of hydrogen-bond donors (Lipinski definition) is 2. The van der Waals surface area contributed by atoms with Gasteiger partial charge in [-0.1, -0.05) is 6.07 Å². The molecule has 1 aliphatic heterocycles. The Kier molecular flexibility index (Phi) is 9.09. The molecule has 2 N–H and O–H groups in total. The van der Waals surface area contributed by atoms with Gasteiger partial charge in [-0.05, 0) is 75.5 Å². The van der Waals surface area contributed by atoms with E-state index in [1.54, 1.807) is 20.5 Å². The van der Waals surface area contributed by atoms with Crippen LogP contribution in [0, 0.1) is 0 Å². The van der Waals surface area contributed by atoms with Crippen molar-refractivity contribution in [1.82, 2.24) is 15.5 Å². The number of aliphatic imine (C=N–C) groups is 1. The Morgan fingerprint density at radius 3 is 2.61 bits per heavy atom. The summed E-state index contributed by atoms with van der Waals surface area (Å²) in [4.78, 5) is 7.34. The third-order valence-electron chi connectivity index (χ3n) is 5.60. The van der Waals surface area contributed by atoms with Gasteiger partial charge in [0.05, 0.1) is 33.1 Å². The fourth-order valence-electron chi connectivity index (χ4n) is 3.97. The molecule has 0 radical (unpaired) electrons. The van der Waals surface area contributed by atoms with Crippen molar-refractivity contribution in [3.63, 3.8) is 0 Å². The molecule has 0 bridgehead atoms. The van der Waals surface area contributed by atoms with Crippen LogP contribution in [0.5, 0.6) is 11.5 Å². The maximum Gasteiger partial charge on any atom is 0.191 e. The monoisotopic (exact) mass is 428 g/mol. The molecule has 1 aromatic heterocycles. The van der Waals surface area contributed by atoms with Crippen LogP contribution in [-0.2, 0) is 6.42 Å². The number of methoxy groups -OCH3 is 2. The van der Waals surface area contributed by atoms with Gasteiger partial charge in [-0.25, -0.2) is 0 Å². The van der Waals surface area contributed by atoms with Crippen molar-refractivity contribution in [3.8, 4) is 11.5 Å². The number of guanidine groups is 1. The molecule has 0 aliphatic carbocycles. The average Bonchev–Trinajstić information content (AvgIpc) is 3.51. The van der Waals surface area contributed by atoms with Crippen molar-refractivity contribution in [2.45, 2.75) is 38.6 Å². The van der Waals surface area contributed by atoms with Crippen molar-refractivity contribution in [1.29, 1.82) is 0 Å². The second-order valence-corrected chi connectivity index (χ2v) is 7.71. The smallest absolute Gasteiger partial charge is 0.191 e. The summed E-state index contributed by atoms with van der Waals surface area (Å²) in [6.07, 6.45) is 6.19. The Morgan fingerprint density at radius 1 is 1.13 bits per heavy atom. The van der Waals surface area contributed by atoms with E-state index in [4.69, 9.17) is 18.9 Å². The minimum absolute atomic E-state index is 0.194. The maximum atomic E-state index is 5.71. The fraction of sp³-hybridized carbons (Fsp3) is 0.542. The van der Waals surface area contributed by atoms with Crippen LogP contribution in [0.4, 0.5) is 0 Å². The molecule has 0 amide bonds. The molecule has 1 unspecified atom stereocenters. The molecule has 1 fully saturated rings. The van der Waals surface area contributed by atoms with Crippen LogP contribution in [0.25, 0.3) is 0 Å². The molecule has 1 aliphatic rings. The molecule has 3 rings (SSSR count). The van der Waals surface area contributed by atoms with Crippen LogP contribution in [-0.4, -0.2) is 57.8 Å².